The van der Waals surface area contributed by atoms with Crippen molar-refractivity contribution < 1.29 is 23.9 Å². The van der Waals surface area contributed by atoms with E-state index in [4.69, 9.17) is 9.47 Å². The van der Waals surface area contributed by atoms with Gasteiger partial charge in [0.15, 0.2) is 12.1 Å². The lowest BCUT2D eigenvalue weighted by Crippen LogP contribution is -2.47. The van der Waals surface area contributed by atoms with E-state index in [2.05, 4.69) is 12.2 Å². The highest BCUT2D eigenvalue weighted by molar-refractivity contribution is 5.85. The van der Waals surface area contributed by atoms with Gasteiger partial charge < -0.3 is 14.8 Å². The maximum atomic E-state index is 13.0. The summed E-state index contributed by atoms with van der Waals surface area (Å²) in [5.41, 5.74) is 1.43. The highest BCUT2D eigenvalue weighted by atomic mass is 16.6. The molecule has 0 aliphatic rings. The smallest absolute Gasteiger partial charge is 0.332 e. The number of carbonyl (C=O) groups excluding carboxylic acids is 3. The predicted octanol–water partition coefficient (Wildman–Crippen LogP) is 7.26. The fourth-order valence-electron chi connectivity index (χ4n) is 4.60. The molecule has 214 valence electrons. The van der Waals surface area contributed by atoms with Crippen molar-refractivity contribution in [3.8, 4) is 0 Å². The monoisotopic (exact) mass is 537 g/mol. The third-order valence-corrected chi connectivity index (χ3v) is 6.74. The van der Waals surface area contributed by atoms with Gasteiger partial charge in [-0.1, -0.05) is 132 Å². The molecule has 2 atom stereocenters. The zero-order chi connectivity index (χ0) is 28.1. The van der Waals surface area contributed by atoms with Crippen LogP contribution in [-0.2, 0) is 30.3 Å². The number of unbranched alkanes of at least 4 members (excludes halogenated alkanes) is 10. The molecule has 0 heterocycles. The molecule has 0 spiro atoms. The topological polar surface area (TPSA) is 81.7 Å². The summed E-state index contributed by atoms with van der Waals surface area (Å²) >= 11 is 0. The number of amides is 1. The summed E-state index contributed by atoms with van der Waals surface area (Å²) in [4.78, 5) is 38.7. The lowest BCUT2D eigenvalue weighted by atomic mass is 10.0. The number of rotatable bonds is 20. The second kappa shape index (κ2) is 19.9. The molecule has 0 aromatic heterocycles. The van der Waals surface area contributed by atoms with Crippen LogP contribution in [0.3, 0.4) is 0 Å². The van der Waals surface area contributed by atoms with Gasteiger partial charge in [-0.3, -0.25) is 9.59 Å². The summed E-state index contributed by atoms with van der Waals surface area (Å²) < 4.78 is 11.1. The van der Waals surface area contributed by atoms with E-state index >= 15 is 0 Å². The quantitative estimate of drug-likeness (QED) is 0.142. The van der Waals surface area contributed by atoms with Crippen LogP contribution in [0.15, 0.2) is 60.7 Å². The number of hydrogen-bond donors (Lipinski definition) is 1. The minimum absolute atomic E-state index is 0.0619. The van der Waals surface area contributed by atoms with Gasteiger partial charge >= 0.3 is 11.9 Å². The summed E-state index contributed by atoms with van der Waals surface area (Å²) in [6.45, 7) is 4.10. The second-order valence-corrected chi connectivity index (χ2v) is 10.1. The van der Waals surface area contributed by atoms with Gasteiger partial charge in [0.2, 0.25) is 5.91 Å². The van der Waals surface area contributed by atoms with Crippen molar-refractivity contribution in [1.29, 1.82) is 0 Å². The van der Waals surface area contributed by atoms with Crippen molar-refractivity contribution in [2.45, 2.75) is 109 Å². The Balaban J connectivity index is 1.92. The summed E-state index contributed by atoms with van der Waals surface area (Å²) in [7, 11) is 0. The van der Waals surface area contributed by atoms with Crippen molar-refractivity contribution in [3.63, 3.8) is 0 Å². The van der Waals surface area contributed by atoms with Crippen molar-refractivity contribution >= 4 is 17.8 Å². The van der Waals surface area contributed by atoms with Crippen LogP contribution in [-0.4, -0.2) is 30.5 Å². The minimum Gasteiger partial charge on any atom is -0.464 e. The Hall–Kier alpha value is -3.15. The second-order valence-electron chi connectivity index (χ2n) is 10.1. The zero-order valence-corrected chi connectivity index (χ0v) is 23.9. The Bertz CT molecular complexity index is 947. The Morgan fingerprint density at radius 3 is 1.82 bits per heavy atom. The van der Waals surface area contributed by atoms with E-state index in [0.717, 1.165) is 24.8 Å². The molecule has 2 aromatic rings. The number of benzene rings is 2. The molecule has 0 radical (unpaired) electrons. The Morgan fingerprint density at radius 1 is 0.718 bits per heavy atom. The van der Waals surface area contributed by atoms with Crippen molar-refractivity contribution in [2.24, 2.45) is 0 Å². The first kappa shape index (κ1) is 32.1. The summed E-state index contributed by atoms with van der Waals surface area (Å²) in [6.07, 6.45) is 12.5. The largest absolute Gasteiger partial charge is 0.464 e. The van der Waals surface area contributed by atoms with Gasteiger partial charge in [0.05, 0.1) is 13.0 Å². The summed E-state index contributed by atoms with van der Waals surface area (Å²) in [5, 5.41) is 2.81. The fraction of sp³-hybridized carbons (Fsp3) is 0.545. The highest BCUT2D eigenvalue weighted by Gasteiger charge is 2.35. The van der Waals surface area contributed by atoms with E-state index < -0.39 is 24.1 Å². The van der Waals surface area contributed by atoms with Gasteiger partial charge in [0, 0.05) is 6.42 Å². The van der Waals surface area contributed by atoms with E-state index in [9.17, 15) is 14.4 Å². The first-order valence-electron chi connectivity index (χ1n) is 14.8. The predicted molar refractivity (Wildman–Crippen MR) is 155 cm³/mol. The van der Waals surface area contributed by atoms with Crippen LogP contribution in [0.4, 0.5) is 0 Å². The molecule has 0 unspecified atom stereocenters. The number of carbonyl (C=O) groups is 3. The molecule has 0 aliphatic carbocycles. The molecule has 2 rings (SSSR count). The van der Waals surface area contributed by atoms with Gasteiger partial charge in [0.1, 0.15) is 0 Å². The Morgan fingerprint density at radius 2 is 1.26 bits per heavy atom. The van der Waals surface area contributed by atoms with E-state index in [0.29, 0.717) is 12.0 Å². The molecule has 0 saturated heterocycles. The Kier molecular flexibility index (Phi) is 16.3. The molecule has 0 saturated carbocycles. The normalized spacial score (nSPS) is 12.4. The van der Waals surface area contributed by atoms with E-state index in [-0.39, 0.29) is 18.9 Å². The van der Waals surface area contributed by atoms with Gasteiger partial charge in [-0.05, 0) is 24.5 Å². The van der Waals surface area contributed by atoms with E-state index in [1.807, 2.05) is 48.5 Å². The van der Waals surface area contributed by atoms with Gasteiger partial charge in [0.25, 0.3) is 0 Å². The van der Waals surface area contributed by atoms with Gasteiger partial charge in [-0.2, -0.15) is 0 Å². The van der Waals surface area contributed by atoms with Crippen molar-refractivity contribution in [3.05, 3.63) is 71.8 Å². The van der Waals surface area contributed by atoms with E-state index in [1.165, 1.54) is 51.4 Å². The number of ether oxygens (including phenoxy) is 2. The van der Waals surface area contributed by atoms with Gasteiger partial charge in [-0.25, -0.2) is 4.79 Å². The average Bonchev–Trinajstić information content (AvgIpc) is 2.94. The summed E-state index contributed by atoms with van der Waals surface area (Å²) in [6, 6.07) is 17.2. The van der Waals surface area contributed by atoms with Crippen molar-refractivity contribution in [1.82, 2.24) is 5.32 Å². The highest BCUT2D eigenvalue weighted by Crippen LogP contribution is 2.24. The third-order valence-electron chi connectivity index (χ3n) is 6.74. The maximum Gasteiger partial charge on any atom is 0.332 e. The molecular weight excluding hydrogens is 490 g/mol. The van der Waals surface area contributed by atoms with Crippen LogP contribution in [0.5, 0.6) is 0 Å². The molecule has 6 nitrogen and oxygen atoms in total. The molecule has 0 aliphatic heterocycles. The lowest BCUT2D eigenvalue weighted by molar-refractivity contribution is -0.160. The maximum absolute atomic E-state index is 13.0. The lowest BCUT2D eigenvalue weighted by Gasteiger charge is -2.27. The van der Waals surface area contributed by atoms with Crippen LogP contribution in [0.25, 0.3) is 0 Å². The third kappa shape index (κ3) is 13.5. The minimum atomic E-state index is -1.13. The Labute approximate surface area is 234 Å². The first-order chi connectivity index (χ1) is 19.0. The van der Waals surface area contributed by atoms with Crippen molar-refractivity contribution in [2.75, 3.05) is 6.61 Å². The van der Waals surface area contributed by atoms with Gasteiger partial charge in [-0.15, -0.1) is 0 Å². The molecule has 1 N–H and O–H groups in total. The molecule has 39 heavy (non-hydrogen) atoms. The zero-order valence-electron chi connectivity index (χ0n) is 23.9. The number of esters is 2. The summed E-state index contributed by atoms with van der Waals surface area (Å²) in [5.74, 6) is -1.35. The average molecular weight is 538 g/mol. The van der Waals surface area contributed by atoms with Crippen LogP contribution < -0.4 is 5.32 Å². The van der Waals surface area contributed by atoms with Crippen LogP contribution in [0.1, 0.15) is 108 Å². The molecule has 1 amide bonds. The molecule has 0 fully saturated rings. The SMILES string of the molecule is CCCCCCCCCCCCCC(=O)N[C@H](C(=O)OCC)[C@H](OC(=O)Cc1ccccc1)c1ccccc1. The molecule has 6 heteroatoms. The molecule has 2 aromatic carbocycles. The molecular formula is C33H47NO5. The first-order valence-corrected chi connectivity index (χ1v) is 14.8. The van der Waals surface area contributed by atoms with Crippen LogP contribution >= 0.6 is 0 Å². The van der Waals surface area contributed by atoms with E-state index in [1.54, 1.807) is 19.1 Å². The standard InChI is InChI=1S/C33H47NO5/c1-3-5-6-7-8-9-10-11-12-13-20-25-29(35)34-31(33(37)38-4-2)32(28-23-18-15-19-24-28)39-30(36)26-27-21-16-14-17-22-27/h14-19,21-24,31-32H,3-13,20,25-26H2,1-2H3,(H,34,35)/t31-,32+/m0/s1. The number of hydrogen-bond acceptors (Lipinski definition) is 5. The molecule has 0 bridgehead atoms. The van der Waals surface area contributed by atoms with Crippen LogP contribution in [0, 0.1) is 0 Å². The number of nitrogens with one attached hydrogen (secondary N) is 1. The fourth-order valence-corrected chi connectivity index (χ4v) is 4.60. The van der Waals surface area contributed by atoms with Crippen LogP contribution in [0.2, 0.25) is 0 Å².